The van der Waals surface area contributed by atoms with E-state index < -0.39 is 0 Å². The molecule has 2 N–H and O–H groups in total. The molecular formula is C30H62N4O4S2. The van der Waals surface area contributed by atoms with E-state index in [4.69, 9.17) is 9.47 Å². The Kier molecular flexibility index (Phi) is 26.5. The molecule has 0 heterocycles. The second-order valence-electron chi connectivity index (χ2n) is 10.5. The van der Waals surface area contributed by atoms with E-state index in [1.165, 1.54) is 6.92 Å². The van der Waals surface area contributed by atoms with Gasteiger partial charge in [-0.1, -0.05) is 32.9 Å². The fraction of sp³-hybridized carbons (Fsp3) is 0.867. The molecule has 0 radical (unpaired) electrons. The molecule has 0 aromatic rings. The Morgan fingerprint density at radius 1 is 0.800 bits per heavy atom. The number of thioether (sulfide) groups is 2. The van der Waals surface area contributed by atoms with Crippen LogP contribution in [0.3, 0.4) is 0 Å². The van der Waals surface area contributed by atoms with Crippen molar-refractivity contribution in [1.82, 2.24) is 20.4 Å². The molecule has 238 valence electrons. The highest BCUT2D eigenvalue weighted by atomic mass is 32.2. The summed E-state index contributed by atoms with van der Waals surface area (Å²) in [6.07, 6.45) is 6.12. The van der Waals surface area contributed by atoms with Crippen LogP contribution in [0.25, 0.3) is 0 Å². The maximum absolute atomic E-state index is 12.4. The molecule has 0 aliphatic carbocycles. The Morgan fingerprint density at radius 3 is 1.75 bits per heavy atom. The van der Waals surface area contributed by atoms with E-state index in [1.807, 2.05) is 20.8 Å². The summed E-state index contributed by atoms with van der Waals surface area (Å²) in [7, 11) is 0. The Balaban J connectivity index is 0. The largest absolute Gasteiger partial charge is 0.465 e. The van der Waals surface area contributed by atoms with Crippen LogP contribution in [0.4, 0.5) is 4.79 Å². The van der Waals surface area contributed by atoms with Crippen molar-refractivity contribution in [2.45, 2.75) is 91.7 Å². The predicted molar refractivity (Wildman–Crippen MR) is 177 cm³/mol. The van der Waals surface area contributed by atoms with E-state index in [0.717, 1.165) is 63.6 Å². The van der Waals surface area contributed by atoms with Gasteiger partial charge in [-0.3, -0.25) is 9.69 Å². The first-order valence-electron chi connectivity index (χ1n) is 15.1. The van der Waals surface area contributed by atoms with Gasteiger partial charge >= 0.3 is 12.1 Å². The second-order valence-corrected chi connectivity index (χ2v) is 14.2. The van der Waals surface area contributed by atoms with E-state index >= 15 is 0 Å². The molecule has 40 heavy (non-hydrogen) atoms. The average Bonchev–Trinajstić information content (AvgIpc) is 2.89. The van der Waals surface area contributed by atoms with Crippen LogP contribution in [0.5, 0.6) is 0 Å². The quantitative estimate of drug-likeness (QED) is 0.0680. The summed E-state index contributed by atoms with van der Waals surface area (Å²) in [5.41, 5.74) is 0.236. The lowest BCUT2D eigenvalue weighted by Gasteiger charge is -2.34. The van der Waals surface area contributed by atoms with Gasteiger partial charge in [0.05, 0.1) is 4.08 Å². The average molecular weight is 607 g/mol. The third-order valence-electron chi connectivity index (χ3n) is 5.82. The van der Waals surface area contributed by atoms with E-state index in [9.17, 15) is 9.59 Å². The lowest BCUT2D eigenvalue weighted by atomic mass is 10.1. The second kappa shape index (κ2) is 25.7. The van der Waals surface area contributed by atoms with Gasteiger partial charge in [0.25, 0.3) is 0 Å². The Labute approximate surface area is 255 Å². The van der Waals surface area contributed by atoms with Gasteiger partial charge in [0.1, 0.15) is 13.2 Å². The van der Waals surface area contributed by atoms with Crippen LogP contribution >= 0.6 is 23.5 Å². The minimum atomic E-state index is -0.249. The maximum atomic E-state index is 12.4. The first kappa shape index (κ1) is 41.2. The van der Waals surface area contributed by atoms with Crippen molar-refractivity contribution in [2.75, 3.05) is 77.1 Å². The molecule has 0 saturated carbocycles. The third kappa shape index (κ3) is 24.8. The first-order chi connectivity index (χ1) is 18.9. The Bertz CT molecular complexity index is 658. The summed E-state index contributed by atoms with van der Waals surface area (Å²) in [6.45, 7) is 28.6. The van der Waals surface area contributed by atoms with Crippen molar-refractivity contribution in [3.8, 4) is 0 Å². The molecule has 0 aromatic carbocycles. The van der Waals surface area contributed by atoms with Crippen molar-refractivity contribution < 1.29 is 19.1 Å². The van der Waals surface area contributed by atoms with Crippen molar-refractivity contribution in [2.24, 2.45) is 0 Å². The molecule has 1 amide bonds. The van der Waals surface area contributed by atoms with E-state index in [1.54, 1.807) is 28.4 Å². The molecule has 0 fully saturated rings. The molecule has 0 aliphatic heterocycles. The summed E-state index contributed by atoms with van der Waals surface area (Å²) < 4.78 is 10.4. The monoisotopic (exact) mass is 606 g/mol. The Hall–Kier alpha value is -0.940. The minimum Gasteiger partial charge on any atom is -0.465 e. The van der Waals surface area contributed by atoms with Crippen LogP contribution in [0, 0.1) is 0 Å². The third-order valence-corrected chi connectivity index (χ3v) is 8.66. The number of hydrogen-bond acceptors (Lipinski definition) is 9. The number of nitrogens with one attached hydrogen (secondary N) is 2. The van der Waals surface area contributed by atoms with E-state index in [-0.39, 0.29) is 21.7 Å². The van der Waals surface area contributed by atoms with Gasteiger partial charge in [0, 0.05) is 50.1 Å². The van der Waals surface area contributed by atoms with Crippen molar-refractivity contribution >= 4 is 35.6 Å². The Morgan fingerprint density at radius 2 is 1.30 bits per heavy atom. The molecule has 0 bridgehead atoms. The summed E-state index contributed by atoms with van der Waals surface area (Å²) in [6, 6.07) is 0. The molecule has 0 rings (SSSR count). The number of ether oxygens (including phenoxy) is 2. The van der Waals surface area contributed by atoms with Crippen molar-refractivity contribution in [1.29, 1.82) is 0 Å². The molecule has 0 saturated heterocycles. The first-order valence-corrected chi connectivity index (χ1v) is 17.0. The maximum Gasteiger partial charge on any atom is 0.409 e. The van der Waals surface area contributed by atoms with Gasteiger partial charge in [-0.25, -0.2) is 4.79 Å². The number of esters is 1. The summed E-state index contributed by atoms with van der Waals surface area (Å²) in [5, 5.41) is 6.89. The van der Waals surface area contributed by atoms with Gasteiger partial charge in [0.2, 0.25) is 0 Å². The SMILES string of the molecule is CC.CCN(CCCNC/C=C/CNCCCN(CC)C(C)(C)C)C(=O)OCCSC(C)(C)SCCOC(C)=O. The minimum absolute atomic E-state index is 0.0319. The standard InChI is InChI=1S/C28H56N4O4S2.C2H6/c1-9-31(26(34)36-22-24-38-28(7,8)37-23-21-35-25(3)33)19-13-17-29-15-11-12-16-30-18-14-20-32(10-2)27(4,5)6;1-2/h11-12,29-30H,9-10,13-24H2,1-8H3;1-2H3/b12-11+;. The molecule has 0 atom stereocenters. The molecule has 0 aliphatic rings. The number of amides is 1. The van der Waals surface area contributed by atoms with Gasteiger partial charge in [-0.05, 0) is 80.6 Å². The summed E-state index contributed by atoms with van der Waals surface area (Å²) in [5.74, 6) is 1.23. The number of hydrogen-bond donors (Lipinski definition) is 2. The van der Waals surface area contributed by atoms with Crippen molar-refractivity contribution in [3.05, 3.63) is 12.2 Å². The predicted octanol–water partition coefficient (Wildman–Crippen LogP) is 5.87. The molecule has 0 spiro atoms. The van der Waals surface area contributed by atoms with Gasteiger partial charge in [-0.15, -0.1) is 23.5 Å². The number of nitrogens with zero attached hydrogens (tertiary/aromatic N) is 2. The normalized spacial score (nSPS) is 11.9. The van der Waals surface area contributed by atoms with Crippen LogP contribution in [0.15, 0.2) is 12.2 Å². The van der Waals surface area contributed by atoms with Gasteiger partial charge in [0.15, 0.2) is 0 Å². The fourth-order valence-corrected chi connectivity index (χ4v) is 5.85. The van der Waals surface area contributed by atoms with Crippen molar-refractivity contribution in [3.63, 3.8) is 0 Å². The lowest BCUT2D eigenvalue weighted by Crippen LogP contribution is -2.42. The number of rotatable bonds is 22. The molecule has 8 nitrogen and oxygen atoms in total. The topological polar surface area (TPSA) is 83.1 Å². The smallest absolute Gasteiger partial charge is 0.409 e. The summed E-state index contributed by atoms with van der Waals surface area (Å²) in [4.78, 5) is 27.5. The van der Waals surface area contributed by atoms with Gasteiger partial charge < -0.3 is 25.0 Å². The van der Waals surface area contributed by atoms with E-state index in [0.29, 0.717) is 26.3 Å². The van der Waals surface area contributed by atoms with Crippen LogP contribution in [0.2, 0.25) is 0 Å². The van der Waals surface area contributed by atoms with Crippen LogP contribution in [-0.2, 0) is 14.3 Å². The number of carbonyl (C=O) groups excluding carboxylic acids is 2. The molecule has 10 heteroatoms. The zero-order valence-corrected chi connectivity index (χ0v) is 29.0. The van der Waals surface area contributed by atoms with Gasteiger partial charge in [-0.2, -0.15) is 0 Å². The fourth-order valence-electron chi connectivity index (χ4n) is 3.70. The van der Waals surface area contributed by atoms with Crippen LogP contribution < -0.4 is 10.6 Å². The molecule has 0 unspecified atom stereocenters. The zero-order chi connectivity index (χ0) is 30.9. The molecular weight excluding hydrogens is 544 g/mol. The summed E-state index contributed by atoms with van der Waals surface area (Å²) >= 11 is 3.48. The lowest BCUT2D eigenvalue weighted by molar-refractivity contribution is -0.140. The van der Waals surface area contributed by atoms with Crippen LogP contribution in [-0.4, -0.2) is 109 Å². The molecule has 0 aromatic heterocycles. The van der Waals surface area contributed by atoms with E-state index in [2.05, 4.69) is 69.2 Å². The number of carbonyl (C=O) groups is 2. The highest BCUT2D eigenvalue weighted by Gasteiger charge is 2.20. The zero-order valence-electron chi connectivity index (χ0n) is 27.4. The van der Waals surface area contributed by atoms with Crippen LogP contribution in [0.1, 0.15) is 82.1 Å². The highest BCUT2D eigenvalue weighted by Crippen LogP contribution is 2.35. The highest BCUT2D eigenvalue weighted by molar-refractivity contribution is 8.18.